The lowest BCUT2D eigenvalue weighted by Crippen LogP contribution is -2.30. The molecule has 0 bridgehead atoms. The van der Waals surface area contributed by atoms with Crippen LogP contribution in [0.5, 0.6) is 0 Å². The van der Waals surface area contributed by atoms with Crippen molar-refractivity contribution in [2.75, 3.05) is 13.1 Å². The molecule has 0 amide bonds. The van der Waals surface area contributed by atoms with Crippen molar-refractivity contribution < 1.29 is 0 Å². The Morgan fingerprint density at radius 3 is 2.42 bits per heavy atom. The third-order valence-electron chi connectivity index (χ3n) is 3.17. The van der Waals surface area contributed by atoms with Gasteiger partial charge in [0.25, 0.3) is 0 Å². The largest absolute Gasteiger partial charge is 0.312 e. The van der Waals surface area contributed by atoms with Crippen molar-refractivity contribution in [1.82, 2.24) is 10.2 Å². The molecule has 0 atom stereocenters. The normalized spacial score (nSPS) is 12.0. The fraction of sp³-hybridized carbons (Fsp3) is 0.750. The van der Waals surface area contributed by atoms with Crippen LogP contribution in [0.2, 0.25) is 0 Å². The van der Waals surface area contributed by atoms with Gasteiger partial charge < -0.3 is 5.32 Å². The minimum Gasteiger partial charge on any atom is -0.312 e. The monoisotopic (exact) mass is 282 g/mol. The van der Waals surface area contributed by atoms with E-state index in [1.165, 1.54) is 22.7 Å². The van der Waals surface area contributed by atoms with Crippen LogP contribution in [0.25, 0.3) is 0 Å². The van der Waals surface area contributed by atoms with Gasteiger partial charge in [-0.3, -0.25) is 4.90 Å². The van der Waals surface area contributed by atoms with E-state index in [9.17, 15) is 0 Å². The fourth-order valence-corrected chi connectivity index (χ4v) is 3.11. The number of hydrogen-bond acceptors (Lipinski definition) is 3. The van der Waals surface area contributed by atoms with Crippen molar-refractivity contribution >= 4 is 11.3 Å². The van der Waals surface area contributed by atoms with E-state index >= 15 is 0 Å². The number of hydrogen-bond donors (Lipinski definition) is 1. The molecule has 0 fully saturated rings. The van der Waals surface area contributed by atoms with Crippen LogP contribution in [-0.2, 0) is 13.1 Å². The standard InChI is InChI=1S/C16H30N2S/c1-6-9-18(14(4)5)12-16-8-7-15(19-16)11-17-10-13(2)3/h7-8,13-14,17H,6,9-12H2,1-5H3. The van der Waals surface area contributed by atoms with Crippen molar-refractivity contribution in [3.8, 4) is 0 Å². The van der Waals surface area contributed by atoms with Crippen molar-refractivity contribution in [3.05, 3.63) is 21.9 Å². The molecule has 0 saturated heterocycles. The second-order valence-corrected chi connectivity index (χ2v) is 7.21. The van der Waals surface area contributed by atoms with Crippen LogP contribution in [-0.4, -0.2) is 24.0 Å². The fourth-order valence-electron chi connectivity index (χ4n) is 2.09. The quantitative estimate of drug-likeness (QED) is 0.733. The molecule has 0 radical (unpaired) electrons. The first-order valence-corrected chi connectivity index (χ1v) is 8.37. The molecule has 1 aromatic rings. The highest BCUT2D eigenvalue weighted by atomic mass is 32.1. The topological polar surface area (TPSA) is 15.3 Å². The summed E-state index contributed by atoms with van der Waals surface area (Å²) in [5, 5.41) is 3.51. The van der Waals surface area contributed by atoms with E-state index in [1.807, 2.05) is 11.3 Å². The molecule has 1 rings (SSSR count). The minimum atomic E-state index is 0.629. The number of thiophene rings is 1. The summed E-state index contributed by atoms with van der Waals surface area (Å²) in [4.78, 5) is 5.50. The molecule has 19 heavy (non-hydrogen) atoms. The van der Waals surface area contributed by atoms with Gasteiger partial charge in [0.1, 0.15) is 0 Å². The van der Waals surface area contributed by atoms with Crippen LogP contribution in [0, 0.1) is 5.92 Å². The highest BCUT2D eigenvalue weighted by Crippen LogP contribution is 2.19. The zero-order valence-corrected chi connectivity index (χ0v) is 14.0. The lowest BCUT2D eigenvalue weighted by atomic mass is 10.2. The SMILES string of the molecule is CCCN(Cc1ccc(CNCC(C)C)s1)C(C)C. The van der Waals surface area contributed by atoms with E-state index in [1.54, 1.807) is 0 Å². The van der Waals surface area contributed by atoms with Gasteiger partial charge in [0.15, 0.2) is 0 Å². The average molecular weight is 282 g/mol. The summed E-state index contributed by atoms with van der Waals surface area (Å²) < 4.78 is 0. The molecule has 0 unspecified atom stereocenters. The summed E-state index contributed by atoms with van der Waals surface area (Å²) in [6.45, 7) is 15.7. The maximum atomic E-state index is 3.51. The van der Waals surface area contributed by atoms with Gasteiger partial charge in [-0.1, -0.05) is 20.8 Å². The summed E-state index contributed by atoms with van der Waals surface area (Å²) in [7, 11) is 0. The second-order valence-electron chi connectivity index (χ2n) is 5.96. The third-order valence-corrected chi connectivity index (χ3v) is 4.24. The van der Waals surface area contributed by atoms with Crippen LogP contribution in [0.15, 0.2) is 12.1 Å². The predicted octanol–water partition coefficient (Wildman–Crippen LogP) is 4.11. The molecular formula is C16H30N2S. The van der Waals surface area contributed by atoms with E-state index in [0.29, 0.717) is 6.04 Å². The predicted molar refractivity (Wildman–Crippen MR) is 86.7 cm³/mol. The van der Waals surface area contributed by atoms with Crippen LogP contribution in [0.1, 0.15) is 50.8 Å². The Hall–Kier alpha value is -0.380. The van der Waals surface area contributed by atoms with Gasteiger partial charge in [-0.15, -0.1) is 11.3 Å². The summed E-state index contributed by atoms with van der Waals surface area (Å²) in [6, 6.07) is 5.20. The van der Waals surface area contributed by atoms with Gasteiger partial charge in [0, 0.05) is 28.9 Å². The van der Waals surface area contributed by atoms with Crippen LogP contribution in [0.3, 0.4) is 0 Å². The molecule has 0 aliphatic carbocycles. The molecule has 0 aliphatic heterocycles. The van der Waals surface area contributed by atoms with Crippen molar-refractivity contribution in [1.29, 1.82) is 0 Å². The molecule has 3 heteroatoms. The Balaban J connectivity index is 2.44. The molecule has 1 N–H and O–H groups in total. The molecular weight excluding hydrogens is 252 g/mol. The molecule has 1 heterocycles. The number of rotatable bonds is 9. The van der Waals surface area contributed by atoms with Crippen LogP contribution < -0.4 is 5.32 Å². The Bertz CT molecular complexity index is 344. The third kappa shape index (κ3) is 6.55. The molecule has 0 aliphatic rings. The summed E-state index contributed by atoms with van der Waals surface area (Å²) in [6.07, 6.45) is 1.23. The Labute approximate surface area is 123 Å². The molecule has 1 aromatic heterocycles. The Kier molecular flexibility index (Phi) is 7.66. The van der Waals surface area contributed by atoms with Crippen molar-refractivity contribution in [2.24, 2.45) is 5.92 Å². The van der Waals surface area contributed by atoms with E-state index in [0.717, 1.165) is 25.6 Å². The smallest absolute Gasteiger partial charge is 0.0330 e. The molecule has 0 spiro atoms. The zero-order valence-electron chi connectivity index (χ0n) is 13.2. The Morgan fingerprint density at radius 1 is 1.16 bits per heavy atom. The van der Waals surface area contributed by atoms with E-state index in [2.05, 4.69) is 57.0 Å². The van der Waals surface area contributed by atoms with Gasteiger partial charge in [-0.2, -0.15) is 0 Å². The first-order valence-electron chi connectivity index (χ1n) is 7.55. The molecule has 0 saturated carbocycles. The van der Waals surface area contributed by atoms with Crippen molar-refractivity contribution in [2.45, 2.75) is 60.2 Å². The maximum absolute atomic E-state index is 3.51. The first-order chi connectivity index (χ1) is 9.02. The van der Waals surface area contributed by atoms with Gasteiger partial charge in [0.2, 0.25) is 0 Å². The van der Waals surface area contributed by atoms with Crippen LogP contribution in [0.4, 0.5) is 0 Å². The van der Waals surface area contributed by atoms with Gasteiger partial charge in [0.05, 0.1) is 0 Å². The molecule has 0 aromatic carbocycles. The van der Waals surface area contributed by atoms with E-state index in [-0.39, 0.29) is 0 Å². The van der Waals surface area contributed by atoms with E-state index < -0.39 is 0 Å². The van der Waals surface area contributed by atoms with Crippen LogP contribution >= 0.6 is 11.3 Å². The number of nitrogens with one attached hydrogen (secondary N) is 1. The summed E-state index contributed by atoms with van der Waals surface area (Å²) >= 11 is 1.95. The zero-order chi connectivity index (χ0) is 14.3. The molecule has 110 valence electrons. The maximum Gasteiger partial charge on any atom is 0.0330 e. The van der Waals surface area contributed by atoms with E-state index in [4.69, 9.17) is 0 Å². The Morgan fingerprint density at radius 2 is 1.84 bits per heavy atom. The molecule has 2 nitrogen and oxygen atoms in total. The van der Waals surface area contributed by atoms with Gasteiger partial charge in [-0.25, -0.2) is 0 Å². The lowest BCUT2D eigenvalue weighted by Gasteiger charge is -2.25. The summed E-state index contributed by atoms with van der Waals surface area (Å²) in [5.74, 6) is 0.723. The minimum absolute atomic E-state index is 0.629. The second kappa shape index (κ2) is 8.72. The van der Waals surface area contributed by atoms with Gasteiger partial charge in [-0.05, 0) is 51.4 Å². The average Bonchev–Trinajstić information content (AvgIpc) is 2.75. The highest BCUT2D eigenvalue weighted by molar-refractivity contribution is 7.11. The lowest BCUT2D eigenvalue weighted by molar-refractivity contribution is 0.215. The first kappa shape index (κ1) is 16.7. The summed E-state index contributed by atoms with van der Waals surface area (Å²) in [5.41, 5.74) is 0. The van der Waals surface area contributed by atoms with Crippen molar-refractivity contribution in [3.63, 3.8) is 0 Å². The van der Waals surface area contributed by atoms with Gasteiger partial charge >= 0.3 is 0 Å². The highest BCUT2D eigenvalue weighted by Gasteiger charge is 2.10. The number of nitrogens with zero attached hydrogens (tertiary/aromatic N) is 1.